The molecule has 3 heteroatoms. The molecule has 2 aromatic carbocycles. The topological polar surface area (TPSA) is 3.24 Å². The number of hydrogen-bond donors (Lipinski definition) is 0. The Balaban J connectivity index is 1.54. The van der Waals surface area contributed by atoms with Crippen LogP contribution in [-0.4, -0.2) is 6.54 Å². The second-order valence-electron chi connectivity index (χ2n) is 11.0. The van der Waals surface area contributed by atoms with Gasteiger partial charge in [-0.2, -0.15) is 0 Å². The number of thioether (sulfide) groups is 1. The number of rotatable bonds is 5. The standard InChI is InChI=1S/C32H37NS2/c1-7-9-25-26-12-10-21(3)14-28(26)34-29(25)17-23-16-24(20-32(5,6)19-23)18-31-33(8-2)27-13-11-22(4)15-30(27)35-31/h10-18H,7-9,19-20H2,1-6H3/b23-17?,31-18-. The molecule has 0 radical (unpaired) electrons. The third kappa shape index (κ3) is 5.04. The van der Waals surface area contributed by atoms with Crippen LogP contribution in [0, 0.1) is 19.3 Å². The average Bonchev–Trinajstić information content (AvgIpc) is 3.28. The summed E-state index contributed by atoms with van der Waals surface area (Å²) in [6.45, 7) is 14.8. The molecular weight excluding hydrogens is 462 g/mol. The molecule has 2 heterocycles. The van der Waals surface area contributed by atoms with Crippen LogP contribution in [0.4, 0.5) is 5.69 Å². The van der Waals surface area contributed by atoms with Crippen molar-refractivity contribution in [3.05, 3.63) is 86.3 Å². The zero-order valence-electron chi connectivity index (χ0n) is 22.0. The smallest absolute Gasteiger partial charge is 0.0804 e. The first kappa shape index (κ1) is 24.5. The summed E-state index contributed by atoms with van der Waals surface area (Å²) >= 11 is 3.89. The van der Waals surface area contributed by atoms with Crippen molar-refractivity contribution in [3.63, 3.8) is 0 Å². The van der Waals surface area contributed by atoms with Crippen molar-refractivity contribution < 1.29 is 0 Å². The van der Waals surface area contributed by atoms with Gasteiger partial charge in [0.1, 0.15) is 0 Å². The highest BCUT2D eigenvalue weighted by Gasteiger charge is 2.28. The molecule has 0 unspecified atom stereocenters. The van der Waals surface area contributed by atoms with Gasteiger partial charge >= 0.3 is 0 Å². The molecule has 0 saturated heterocycles. The maximum atomic E-state index is 2.50. The lowest BCUT2D eigenvalue weighted by atomic mass is 9.75. The lowest BCUT2D eigenvalue weighted by Crippen LogP contribution is -2.19. The number of anilines is 1. The summed E-state index contributed by atoms with van der Waals surface area (Å²) in [5, 5.41) is 2.81. The fraction of sp³-hybridized carbons (Fsp3) is 0.375. The minimum Gasteiger partial charge on any atom is -0.335 e. The van der Waals surface area contributed by atoms with Crippen LogP contribution in [0.5, 0.6) is 0 Å². The van der Waals surface area contributed by atoms with Crippen LogP contribution in [0.25, 0.3) is 16.2 Å². The summed E-state index contributed by atoms with van der Waals surface area (Å²) in [7, 11) is 0. The van der Waals surface area contributed by atoms with E-state index in [9.17, 15) is 0 Å². The van der Waals surface area contributed by atoms with Gasteiger partial charge < -0.3 is 4.90 Å². The lowest BCUT2D eigenvalue weighted by Gasteiger charge is -2.31. The molecule has 1 aromatic heterocycles. The van der Waals surface area contributed by atoms with Gasteiger partial charge in [0.2, 0.25) is 0 Å². The van der Waals surface area contributed by atoms with Crippen molar-refractivity contribution in [2.75, 3.05) is 11.4 Å². The predicted octanol–water partition coefficient (Wildman–Crippen LogP) is 10.1. The van der Waals surface area contributed by atoms with E-state index in [1.54, 1.807) is 0 Å². The van der Waals surface area contributed by atoms with E-state index in [-0.39, 0.29) is 5.41 Å². The van der Waals surface area contributed by atoms with Crippen LogP contribution < -0.4 is 4.90 Å². The first-order valence-corrected chi connectivity index (χ1v) is 14.6. The minimum absolute atomic E-state index is 0.259. The third-order valence-electron chi connectivity index (χ3n) is 7.04. The van der Waals surface area contributed by atoms with Crippen molar-refractivity contribution in [2.45, 2.75) is 72.1 Å². The summed E-state index contributed by atoms with van der Waals surface area (Å²) in [5.74, 6) is 0. The van der Waals surface area contributed by atoms with Gasteiger partial charge in [-0.25, -0.2) is 0 Å². The maximum absolute atomic E-state index is 2.50. The summed E-state index contributed by atoms with van der Waals surface area (Å²) < 4.78 is 1.43. The molecule has 5 rings (SSSR count). The number of nitrogens with zero attached hydrogens (tertiary/aromatic N) is 1. The second kappa shape index (κ2) is 9.67. The molecule has 35 heavy (non-hydrogen) atoms. The van der Waals surface area contributed by atoms with Gasteiger partial charge in [-0.05, 0) is 109 Å². The molecule has 1 aliphatic carbocycles. The van der Waals surface area contributed by atoms with Gasteiger partial charge in [0.15, 0.2) is 0 Å². The summed E-state index contributed by atoms with van der Waals surface area (Å²) in [5.41, 5.74) is 8.74. The van der Waals surface area contributed by atoms with Crippen LogP contribution in [0.1, 0.15) is 68.5 Å². The van der Waals surface area contributed by atoms with Crippen LogP contribution in [0.3, 0.4) is 0 Å². The first-order chi connectivity index (χ1) is 16.8. The quantitative estimate of drug-likeness (QED) is 0.343. The Morgan fingerprint density at radius 2 is 1.74 bits per heavy atom. The van der Waals surface area contributed by atoms with E-state index in [0.717, 1.165) is 25.8 Å². The largest absolute Gasteiger partial charge is 0.335 e. The van der Waals surface area contributed by atoms with Gasteiger partial charge in [-0.3, -0.25) is 0 Å². The number of allylic oxidation sites excluding steroid dienone is 4. The number of hydrogen-bond acceptors (Lipinski definition) is 3. The van der Waals surface area contributed by atoms with E-state index in [0.29, 0.717) is 0 Å². The molecule has 2 aliphatic rings. The van der Waals surface area contributed by atoms with Crippen molar-refractivity contribution in [1.29, 1.82) is 0 Å². The number of aryl methyl sites for hydroxylation is 3. The molecule has 3 aromatic rings. The lowest BCUT2D eigenvalue weighted by molar-refractivity contribution is 0.356. The Morgan fingerprint density at radius 3 is 2.51 bits per heavy atom. The molecular formula is C32H37NS2. The maximum Gasteiger partial charge on any atom is 0.0804 e. The highest BCUT2D eigenvalue weighted by molar-refractivity contribution is 8.03. The van der Waals surface area contributed by atoms with Gasteiger partial charge in [-0.15, -0.1) is 11.3 Å². The highest BCUT2D eigenvalue weighted by Crippen LogP contribution is 2.48. The van der Waals surface area contributed by atoms with E-state index in [1.165, 1.54) is 64.8 Å². The van der Waals surface area contributed by atoms with Crippen molar-refractivity contribution in [2.24, 2.45) is 5.41 Å². The molecule has 0 bridgehead atoms. The monoisotopic (exact) mass is 499 g/mol. The molecule has 0 amide bonds. The molecule has 0 saturated carbocycles. The molecule has 0 fully saturated rings. The summed E-state index contributed by atoms with van der Waals surface area (Å²) in [4.78, 5) is 5.31. The SMILES string of the molecule is CCCc1c(C=C2C=C(/C=C3\Sc4cc(C)ccc4N3CC)CC(C)(C)C2)sc2cc(C)ccc12. The van der Waals surface area contributed by atoms with Gasteiger partial charge in [0.25, 0.3) is 0 Å². The Morgan fingerprint density at radius 1 is 0.971 bits per heavy atom. The fourth-order valence-electron chi connectivity index (χ4n) is 5.57. The number of benzene rings is 2. The van der Waals surface area contributed by atoms with Crippen LogP contribution >= 0.6 is 23.1 Å². The molecule has 1 nitrogen and oxygen atoms in total. The van der Waals surface area contributed by atoms with Gasteiger partial charge in [0.05, 0.1) is 10.7 Å². The molecule has 0 spiro atoms. The second-order valence-corrected chi connectivity index (χ2v) is 13.1. The van der Waals surface area contributed by atoms with E-state index >= 15 is 0 Å². The third-order valence-corrected chi connectivity index (χ3v) is 9.28. The van der Waals surface area contributed by atoms with Crippen molar-refractivity contribution in [3.8, 4) is 0 Å². The first-order valence-electron chi connectivity index (χ1n) is 13.0. The Hall–Kier alpha value is -2.23. The van der Waals surface area contributed by atoms with E-state index in [1.807, 2.05) is 23.1 Å². The van der Waals surface area contributed by atoms with E-state index in [4.69, 9.17) is 0 Å². The predicted molar refractivity (Wildman–Crippen MR) is 158 cm³/mol. The Labute approximate surface area is 219 Å². The fourth-order valence-corrected chi connectivity index (χ4v) is 8.20. The van der Waals surface area contributed by atoms with Crippen molar-refractivity contribution in [1.82, 2.24) is 0 Å². The van der Waals surface area contributed by atoms with Gasteiger partial charge in [-0.1, -0.05) is 63.2 Å². The summed E-state index contributed by atoms with van der Waals surface area (Å²) in [6, 6.07) is 13.8. The summed E-state index contributed by atoms with van der Waals surface area (Å²) in [6.07, 6.45) is 12.0. The molecule has 182 valence electrons. The van der Waals surface area contributed by atoms with E-state index < -0.39 is 0 Å². The molecule has 0 N–H and O–H groups in total. The Kier molecular flexibility index (Phi) is 6.76. The normalized spacial score (nSPS) is 19.6. The zero-order chi connectivity index (χ0) is 24.7. The Bertz CT molecular complexity index is 1370. The minimum atomic E-state index is 0.259. The average molecular weight is 500 g/mol. The number of thiophene rings is 1. The van der Waals surface area contributed by atoms with Crippen LogP contribution in [-0.2, 0) is 6.42 Å². The molecule has 0 atom stereocenters. The highest BCUT2D eigenvalue weighted by atomic mass is 32.2. The van der Waals surface area contributed by atoms with E-state index in [2.05, 4.69) is 101 Å². The zero-order valence-corrected chi connectivity index (χ0v) is 23.6. The molecule has 1 aliphatic heterocycles. The van der Waals surface area contributed by atoms with Crippen LogP contribution in [0.2, 0.25) is 0 Å². The van der Waals surface area contributed by atoms with Gasteiger partial charge in [0, 0.05) is 21.0 Å². The number of fused-ring (bicyclic) bond motifs is 2. The van der Waals surface area contributed by atoms with Crippen LogP contribution in [0.15, 0.2) is 69.6 Å². The van der Waals surface area contributed by atoms with Crippen molar-refractivity contribution >= 4 is 44.9 Å².